The lowest BCUT2D eigenvalue weighted by molar-refractivity contribution is 0.267. The molecular weight excluding hydrogens is 306 g/mol. The van der Waals surface area contributed by atoms with Crippen LogP contribution in [-0.2, 0) is 29.7 Å². The monoisotopic (exact) mass is 323 g/mol. The maximum Gasteiger partial charge on any atom is 0.214 e. The van der Waals surface area contributed by atoms with Crippen LogP contribution < -0.4 is 4.74 Å². The van der Waals surface area contributed by atoms with Gasteiger partial charge in [-0.2, -0.15) is 4.31 Å². The summed E-state index contributed by atoms with van der Waals surface area (Å²) in [6.07, 6.45) is 1.65. The third-order valence-corrected chi connectivity index (χ3v) is 5.37. The lowest BCUT2D eigenvalue weighted by Crippen LogP contribution is -2.39. The van der Waals surface area contributed by atoms with Crippen LogP contribution in [0.1, 0.15) is 18.6 Å². The smallest absolute Gasteiger partial charge is 0.214 e. The molecule has 1 aliphatic rings. The summed E-state index contributed by atoms with van der Waals surface area (Å²) in [4.78, 5) is 4.08. The second-order valence-corrected chi connectivity index (χ2v) is 7.13. The summed E-state index contributed by atoms with van der Waals surface area (Å²) in [6.45, 7) is 3.11. The van der Waals surface area contributed by atoms with E-state index in [2.05, 4.69) is 15.2 Å². The summed E-state index contributed by atoms with van der Waals surface area (Å²) in [5.41, 5.74) is 0. The quantitative estimate of drug-likeness (QED) is 0.792. The predicted molar refractivity (Wildman–Crippen MR) is 78.5 cm³/mol. The first-order valence-corrected chi connectivity index (χ1v) is 8.63. The molecule has 0 unspecified atom stereocenters. The molecule has 0 radical (unpaired) electrons. The second-order valence-electron chi connectivity index (χ2n) is 4.87. The largest absolute Gasteiger partial charge is 0.469 e. The van der Waals surface area contributed by atoms with E-state index in [1.54, 1.807) is 19.2 Å². The van der Waals surface area contributed by atoms with E-state index in [0.29, 0.717) is 30.6 Å². The molecule has 1 aliphatic heterocycles. The fraction of sp³-hybridized carbons (Fsp3) is 0.462. The van der Waals surface area contributed by atoms with Crippen molar-refractivity contribution in [1.29, 1.82) is 0 Å². The van der Waals surface area contributed by atoms with Gasteiger partial charge in [-0.25, -0.2) is 13.4 Å². The topological polar surface area (TPSA) is 90.2 Å². The molecule has 22 heavy (non-hydrogen) atoms. The molecule has 0 spiro atoms. The normalized spacial score (nSPS) is 15.5. The van der Waals surface area contributed by atoms with Crippen LogP contribution in [0.3, 0.4) is 0 Å². The summed E-state index contributed by atoms with van der Waals surface area (Å²) in [5.74, 6) is 1.93. The Morgan fingerprint density at radius 1 is 1.27 bits per heavy atom. The van der Waals surface area contributed by atoms with Gasteiger partial charge in [-0.05, 0) is 13.0 Å². The molecule has 0 N–H and O–H groups in total. The fourth-order valence-corrected chi connectivity index (χ4v) is 3.33. The molecule has 0 atom stereocenters. The number of pyridine rings is 1. The van der Waals surface area contributed by atoms with Gasteiger partial charge in [0.15, 0.2) is 5.82 Å². The van der Waals surface area contributed by atoms with Gasteiger partial charge in [-0.3, -0.25) is 0 Å². The Morgan fingerprint density at radius 2 is 2.14 bits per heavy atom. The summed E-state index contributed by atoms with van der Waals surface area (Å²) < 4.78 is 32.8. The van der Waals surface area contributed by atoms with Gasteiger partial charge in [0, 0.05) is 25.4 Å². The molecule has 3 heterocycles. The van der Waals surface area contributed by atoms with Crippen molar-refractivity contribution < 1.29 is 13.2 Å². The standard InChI is InChI=1S/C13H17N5O3S/c1-2-22(19,20)17-7-8-18-11(9-17)15-16-12(18)10-21-13-5-3-4-6-14-13/h3-6H,2,7-10H2,1H3. The van der Waals surface area contributed by atoms with Crippen LogP contribution in [0.4, 0.5) is 0 Å². The van der Waals surface area contributed by atoms with Crippen molar-refractivity contribution in [1.82, 2.24) is 24.1 Å². The number of aromatic nitrogens is 4. The Morgan fingerprint density at radius 3 is 2.86 bits per heavy atom. The van der Waals surface area contributed by atoms with Gasteiger partial charge < -0.3 is 9.30 Å². The van der Waals surface area contributed by atoms with Gasteiger partial charge in [-0.15, -0.1) is 10.2 Å². The van der Waals surface area contributed by atoms with E-state index < -0.39 is 10.0 Å². The van der Waals surface area contributed by atoms with Gasteiger partial charge >= 0.3 is 0 Å². The lowest BCUT2D eigenvalue weighted by Gasteiger charge is -2.26. The zero-order chi connectivity index (χ0) is 15.6. The zero-order valence-electron chi connectivity index (χ0n) is 12.2. The van der Waals surface area contributed by atoms with Crippen molar-refractivity contribution in [3.05, 3.63) is 36.0 Å². The highest BCUT2D eigenvalue weighted by Crippen LogP contribution is 2.17. The number of hydrogen-bond donors (Lipinski definition) is 0. The minimum Gasteiger partial charge on any atom is -0.469 e. The Balaban J connectivity index is 1.71. The second kappa shape index (κ2) is 6.01. The maximum atomic E-state index is 11.9. The van der Waals surface area contributed by atoms with Crippen LogP contribution in [0.2, 0.25) is 0 Å². The average molecular weight is 323 g/mol. The van der Waals surface area contributed by atoms with Crippen molar-refractivity contribution in [2.24, 2.45) is 0 Å². The number of sulfonamides is 1. The third-order valence-electron chi connectivity index (χ3n) is 3.54. The number of hydrogen-bond acceptors (Lipinski definition) is 6. The van der Waals surface area contributed by atoms with Gasteiger partial charge in [0.05, 0.1) is 12.3 Å². The highest BCUT2D eigenvalue weighted by Gasteiger charge is 2.28. The van der Waals surface area contributed by atoms with Gasteiger partial charge in [-0.1, -0.05) is 6.07 Å². The van der Waals surface area contributed by atoms with Crippen LogP contribution in [0, 0.1) is 0 Å². The maximum absolute atomic E-state index is 11.9. The van der Waals surface area contributed by atoms with Crippen LogP contribution in [0.15, 0.2) is 24.4 Å². The lowest BCUT2D eigenvalue weighted by atomic mass is 10.4. The number of nitrogens with zero attached hydrogens (tertiary/aromatic N) is 5. The summed E-state index contributed by atoms with van der Waals surface area (Å²) in [5, 5.41) is 8.17. The minimum atomic E-state index is -3.20. The van der Waals surface area contributed by atoms with E-state index in [9.17, 15) is 8.42 Å². The van der Waals surface area contributed by atoms with Crippen LogP contribution in [0.5, 0.6) is 5.88 Å². The average Bonchev–Trinajstić information content (AvgIpc) is 2.96. The Labute approximate surface area is 128 Å². The molecule has 0 fully saturated rings. The molecule has 118 valence electrons. The first-order chi connectivity index (χ1) is 10.6. The predicted octanol–water partition coefficient (Wildman–Crippen LogP) is 0.417. The van der Waals surface area contributed by atoms with E-state index in [0.717, 1.165) is 0 Å². The Kier molecular flexibility index (Phi) is 4.08. The molecule has 3 rings (SSSR count). The molecule has 8 nitrogen and oxygen atoms in total. The van der Waals surface area contributed by atoms with Crippen LogP contribution >= 0.6 is 0 Å². The number of ether oxygens (including phenoxy) is 1. The molecular formula is C13H17N5O3S. The first-order valence-electron chi connectivity index (χ1n) is 7.03. The van der Waals surface area contributed by atoms with Gasteiger partial charge in [0.1, 0.15) is 12.4 Å². The third kappa shape index (κ3) is 2.95. The molecule has 0 aliphatic carbocycles. The number of fused-ring (bicyclic) bond motifs is 1. The van der Waals surface area contributed by atoms with Crippen molar-refractivity contribution in [3.63, 3.8) is 0 Å². The fourth-order valence-electron chi connectivity index (χ4n) is 2.29. The summed E-state index contributed by atoms with van der Waals surface area (Å²) >= 11 is 0. The van der Waals surface area contributed by atoms with E-state index in [1.165, 1.54) is 4.31 Å². The minimum absolute atomic E-state index is 0.0940. The van der Waals surface area contributed by atoms with Crippen molar-refractivity contribution in [2.75, 3.05) is 12.3 Å². The molecule has 0 saturated carbocycles. The molecule has 2 aromatic rings. The van der Waals surface area contributed by atoms with Crippen molar-refractivity contribution in [3.8, 4) is 5.88 Å². The molecule has 9 heteroatoms. The first kappa shape index (κ1) is 14.9. The zero-order valence-corrected chi connectivity index (χ0v) is 13.0. The highest BCUT2D eigenvalue weighted by atomic mass is 32.2. The molecule has 0 aromatic carbocycles. The van der Waals surface area contributed by atoms with Crippen molar-refractivity contribution in [2.45, 2.75) is 26.6 Å². The van der Waals surface area contributed by atoms with Crippen LogP contribution in [-0.4, -0.2) is 44.8 Å². The summed E-state index contributed by atoms with van der Waals surface area (Å²) in [7, 11) is -3.20. The van der Waals surface area contributed by atoms with Gasteiger partial charge in [0.25, 0.3) is 0 Å². The van der Waals surface area contributed by atoms with E-state index in [4.69, 9.17) is 4.74 Å². The van der Waals surface area contributed by atoms with E-state index >= 15 is 0 Å². The van der Waals surface area contributed by atoms with Gasteiger partial charge in [0.2, 0.25) is 15.9 Å². The van der Waals surface area contributed by atoms with E-state index in [1.807, 2.05) is 16.7 Å². The number of rotatable bonds is 5. The molecule has 0 amide bonds. The van der Waals surface area contributed by atoms with Crippen molar-refractivity contribution >= 4 is 10.0 Å². The SMILES string of the molecule is CCS(=O)(=O)N1CCn2c(COc3ccccn3)nnc2C1. The highest BCUT2D eigenvalue weighted by molar-refractivity contribution is 7.89. The Hall–Kier alpha value is -2.00. The van der Waals surface area contributed by atoms with Crippen LogP contribution in [0.25, 0.3) is 0 Å². The summed E-state index contributed by atoms with van der Waals surface area (Å²) in [6, 6.07) is 5.42. The molecule has 0 saturated heterocycles. The van der Waals surface area contributed by atoms with E-state index in [-0.39, 0.29) is 18.9 Å². The molecule has 2 aromatic heterocycles. The Bertz CT molecular complexity index is 744. The molecule has 0 bridgehead atoms.